The maximum atomic E-state index is 12.7. The summed E-state index contributed by atoms with van der Waals surface area (Å²) >= 11 is 0. The number of unbranched alkanes of at least 4 members (excludes halogenated alkanes) is 34. The molecule has 0 aliphatic carbocycles. The third-order valence-electron chi connectivity index (χ3n) is 11.1. The molecule has 55 heavy (non-hydrogen) atoms. The highest BCUT2D eigenvalue weighted by atomic mass is 16.6. The van der Waals surface area contributed by atoms with Crippen LogP contribution in [0.2, 0.25) is 0 Å². The van der Waals surface area contributed by atoms with Gasteiger partial charge in [-0.05, 0) is 19.3 Å². The molecule has 0 saturated heterocycles. The van der Waals surface area contributed by atoms with Crippen molar-refractivity contribution in [2.45, 2.75) is 284 Å². The van der Waals surface area contributed by atoms with Gasteiger partial charge in [0.25, 0.3) is 0 Å². The molecule has 0 aromatic rings. The van der Waals surface area contributed by atoms with Crippen molar-refractivity contribution in [2.75, 3.05) is 13.2 Å². The Kier molecular flexibility index (Phi) is 43.8. The van der Waals surface area contributed by atoms with Gasteiger partial charge in [0.05, 0.1) is 0 Å². The van der Waals surface area contributed by atoms with E-state index in [4.69, 9.17) is 14.2 Å². The minimum Gasteiger partial charge on any atom is -0.462 e. The fraction of sp³-hybridized carbons (Fsp3) is 0.939. The van der Waals surface area contributed by atoms with E-state index in [2.05, 4.69) is 20.8 Å². The van der Waals surface area contributed by atoms with Gasteiger partial charge >= 0.3 is 17.9 Å². The lowest BCUT2D eigenvalue weighted by Gasteiger charge is -2.18. The van der Waals surface area contributed by atoms with Crippen LogP contribution in [-0.2, 0) is 28.6 Å². The van der Waals surface area contributed by atoms with Crippen molar-refractivity contribution in [1.29, 1.82) is 0 Å². The van der Waals surface area contributed by atoms with E-state index in [9.17, 15) is 14.4 Å². The van der Waals surface area contributed by atoms with Gasteiger partial charge in [-0.2, -0.15) is 0 Å². The summed E-state index contributed by atoms with van der Waals surface area (Å²) in [5.74, 6) is -0.853. The lowest BCUT2D eigenvalue weighted by molar-refractivity contribution is -0.167. The molecule has 0 saturated carbocycles. The van der Waals surface area contributed by atoms with E-state index < -0.39 is 6.10 Å². The third kappa shape index (κ3) is 43.4. The summed E-state index contributed by atoms with van der Waals surface area (Å²) in [6.45, 7) is 6.63. The Morgan fingerprint density at radius 3 is 0.727 bits per heavy atom. The van der Waals surface area contributed by atoms with E-state index >= 15 is 0 Å². The van der Waals surface area contributed by atoms with Crippen LogP contribution in [0, 0.1) is 0 Å². The van der Waals surface area contributed by atoms with Crippen molar-refractivity contribution in [3.63, 3.8) is 0 Å². The number of carbonyl (C=O) groups excluding carboxylic acids is 3. The van der Waals surface area contributed by atoms with Gasteiger partial charge in [-0.25, -0.2) is 0 Å². The summed E-state index contributed by atoms with van der Waals surface area (Å²) in [7, 11) is 0. The molecular formula is C49H94O6. The van der Waals surface area contributed by atoms with Crippen LogP contribution >= 0.6 is 0 Å². The van der Waals surface area contributed by atoms with Gasteiger partial charge in [0.15, 0.2) is 6.10 Å². The molecule has 0 N–H and O–H groups in total. The zero-order valence-corrected chi connectivity index (χ0v) is 37.2. The number of carbonyl (C=O) groups is 3. The molecule has 0 bridgehead atoms. The molecule has 0 aliphatic heterocycles. The maximum absolute atomic E-state index is 12.7. The van der Waals surface area contributed by atoms with Crippen molar-refractivity contribution in [3.8, 4) is 0 Å². The molecular weight excluding hydrogens is 685 g/mol. The van der Waals surface area contributed by atoms with E-state index in [1.165, 1.54) is 180 Å². The number of esters is 3. The first-order chi connectivity index (χ1) is 27.0. The molecule has 1 unspecified atom stereocenters. The molecule has 0 amide bonds. The summed E-state index contributed by atoms with van der Waals surface area (Å²) in [5, 5.41) is 0. The van der Waals surface area contributed by atoms with Crippen LogP contribution in [-0.4, -0.2) is 37.2 Å². The molecule has 0 aromatic heterocycles. The molecule has 6 heteroatoms. The summed E-state index contributed by atoms with van der Waals surface area (Å²) in [6.07, 6.45) is 46.7. The molecule has 0 aliphatic rings. The van der Waals surface area contributed by atoms with Gasteiger partial charge in [0.2, 0.25) is 0 Å². The van der Waals surface area contributed by atoms with Crippen molar-refractivity contribution < 1.29 is 28.6 Å². The van der Waals surface area contributed by atoms with Crippen molar-refractivity contribution in [3.05, 3.63) is 0 Å². The van der Waals surface area contributed by atoms with Crippen LogP contribution in [0.15, 0.2) is 0 Å². The SMILES string of the molecule is CCCCCCCCCCCCCCCCCCCCCC(=O)OCC(COC(=O)CCCCCCCCCC)OC(=O)CCCCCCCCCCCC. The van der Waals surface area contributed by atoms with E-state index in [1.807, 2.05) is 0 Å². The monoisotopic (exact) mass is 779 g/mol. The fourth-order valence-corrected chi connectivity index (χ4v) is 7.38. The Morgan fingerprint density at radius 1 is 0.291 bits per heavy atom. The molecule has 1 atom stereocenters. The molecule has 6 nitrogen and oxygen atoms in total. The quantitative estimate of drug-likeness (QED) is 0.0348. The Balaban J connectivity index is 4.16. The summed E-state index contributed by atoms with van der Waals surface area (Å²) in [6, 6.07) is 0. The fourth-order valence-electron chi connectivity index (χ4n) is 7.38. The first-order valence-electron chi connectivity index (χ1n) is 24.5. The van der Waals surface area contributed by atoms with E-state index in [1.54, 1.807) is 0 Å². The van der Waals surface area contributed by atoms with Crippen LogP contribution in [0.5, 0.6) is 0 Å². The molecule has 0 aromatic carbocycles. The summed E-state index contributed by atoms with van der Waals surface area (Å²) < 4.78 is 16.7. The summed E-state index contributed by atoms with van der Waals surface area (Å²) in [5.41, 5.74) is 0. The maximum Gasteiger partial charge on any atom is 0.306 e. The Bertz CT molecular complexity index is 813. The van der Waals surface area contributed by atoms with Gasteiger partial charge < -0.3 is 14.2 Å². The number of ether oxygens (including phenoxy) is 3. The average Bonchev–Trinajstić information content (AvgIpc) is 3.18. The lowest BCUT2D eigenvalue weighted by Crippen LogP contribution is -2.30. The number of hydrogen-bond acceptors (Lipinski definition) is 6. The zero-order chi connectivity index (χ0) is 40.1. The number of hydrogen-bond donors (Lipinski definition) is 0. The van der Waals surface area contributed by atoms with Crippen LogP contribution < -0.4 is 0 Å². The molecule has 326 valence electrons. The smallest absolute Gasteiger partial charge is 0.306 e. The molecule has 0 rings (SSSR count). The first-order valence-corrected chi connectivity index (χ1v) is 24.5. The Hall–Kier alpha value is -1.59. The second-order valence-electron chi connectivity index (χ2n) is 16.7. The van der Waals surface area contributed by atoms with Crippen molar-refractivity contribution >= 4 is 17.9 Å². The highest BCUT2D eigenvalue weighted by Crippen LogP contribution is 2.16. The highest BCUT2D eigenvalue weighted by molar-refractivity contribution is 5.71. The second-order valence-corrected chi connectivity index (χ2v) is 16.7. The molecule has 0 heterocycles. The largest absolute Gasteiger partial charge is 0.462 e. The van der Waals surface area contributed by atoms with Gasteiger partial charge in [0, 0.05) is 19.3 Å². The van der Waals surface area contributed by atoms with Crippen LogP contribution in [0.4, 0.5) is 0 Å². The van der Waals surface area contributed by atoms with Crippen molar-refractivity contribution in [2.24, 2.45) is 0 Å². The van der Waals surface area contributed by atoms with Gasteiger partial charge in [-0.15, -0.1) is 0 Å². The van der Waals surface area contributed by atoms with E-state index in [0.29, 0.717) is 19.3 Å². The minimum atomic E-state index is -0.757. The standard InChI is InChI=1S/C49H94O6/c1-4-7-10-13-16-19-21-22-23-24-25-26-27-28-29-31-33-36-39-42-48(51)54-45-46(44-53-47(50)41-38-35-32-18-15-12-9-6-3)55-49(52)43-40-37-34-30-20-17-14-11-8-5-2/h46H,4-45H2,1-3H3. The highest BCUT2D eigenvalue weighted by Gasteiger charge is 2.19. The molecule has 0 fully saturated rings. The average molecular weight is 779 g/mol. The van der Waals surface area contributed by atoms with Crippen LogP contribution in [0.25, 0.3) is 0 Å². The minimum absolute atomic E-state index is 0.0627. The predicted molar refractivity (Wildman–Crippen MR) is 233 cm³/mol. The molecule has 0 radical (unpaired) electrons. The Morgan fingerprint density at radius 2 is 0.491 bits per heavy atom. The van der Waals surface area contributed by atoms with Gasteiger partial charge in [-0.3, -0.25) is 14.4 Å². The number of rotatable bonds is 45. The summed E-state index contributed by atoms with van der Waals surface area (Å²) in [4.78, 5) is 37.7. The van der Waals surface area contributed by atoms with Crippen LogP contribution in [0.1, 0.15) is 278 Å². The van der Waals surface area contributed by atoms with Gasteiger partial charge in [0.1, 0.15) is 13.2 Å². The molecule has 0 spiro atoms. The van der Waals surface area contributed by atoms with Gasteiger partial charge in [-0.1, -0.05) is 239 Å². The zero-order valence-electron chi connectivity index (χ0n) is 37.2. The topological polar surface area (TPSA) is 78.9 Å². The van der Waals surface area contributed by atoms with Crippen LogP contribution in [0.3, 0.4) is 0 Å². The van der Waals surface area contributed by atoms with E-state index in [0.717, 1.165) is 57.8 Å². The Labute approximate surface area is 342 Å². The van der Waals surface area contributed by atoms with Crippen molar-refractivity contribution in [1.82, 2.24) is 0 Å². The predicted octanol–water partition coefficient (Wildman–Crippen LogP) is 15.6. The normalized spacial score (nSPS) is 11.8. The second kappa shape index (κ2) is 45.1. The third-order valence-corrected chi connectivity index (χ3v) is 11.1. The lowest BCUT2D eigenvalue weighted by atomic mass is 10.0. The van der Waals surface area contributed by atoms with E-state index in [-0.39, 0.29) is 31.1 Å². The first kappa shape index (κ1) is 53.4.